The molecule has 0 atom stereocenters. The molecule has 1 rings (SSSR count). The van der Waals surface area contributed by atoms with Crippen LogP contribution in [0.4, 0.5) is 4.79 Å². The van der Waals surface area contributed by atoms with Crippen LogP contribution >= 0.6 is 11.6 Å². The number of carboxylic acid groups (broad SMARTS) is 1. The van der Waals surface area contributed by atoms with Crippen LogP contribution in [0, 0.1) is 11.8 Å². The molecule has 0 heterocycles. The molecule has 6 nitrogen and oxygen atoms in total. The predicted octanol–water partition coefficient (Wildman–Crippen LogP) is 1.59. The van der Waals surface area contributed by atoms with Gasteiger partial charge in [0.2, 0.25) is 0 Å². The second-order valence-corrected chi connectivity index (χ2v) is 4.07. The number of hydroxylamine groups is 2. The fraction of sp³-hybridized carbons (Fsp3) is 0.231. The average Bonchev–Trinajstić information content (AvgIpc) is 2.42. The fourth-order valence-corrected chi connectivity index (χ4v) is 1.49. The van der Waals surface area contributed by atoms with Crippen LogP contribution < -0.4 is 5.32 Å². The van der Waals surface area contributed by atoms with Gasteiger partial charge in [-0.25, -0.2) is 9.86 Å². The van der Waals surface area contributed by atoms with Gasteiger partial charge in [0, 0.05) is 17.6 Å². The molecule has 7 heteroatoms. The van der Waals surface area contributed by atoms with Crippen molar-refractivity contribution in [3.8, 4) is 11.8 Å². The maximum Gasteiger partial charge on any atom is 0.405 e. The predicted molar refractivity (Wildman–Crippen MR) is 73.5 cm³/mol. The summed E-state index contributed by atoms with van der Waals surface area (Å²) in [6.07, 6.45) is -1.16. The summed E-state index contributed by atoms with van der Waals surface area (Å²) in [5.74, 6) is 4.93. The molecule has 0 aliphatic carbocycles. The second-order valence-electron chi connectivity index (χ2n) is 3.64. The molecule has 0 radical (unpaired) electrons. The minimum absolute atomic E-state index is 0.0360. The van der Waals surface area contributed by atoms with Gasteiger partial charge in [0.25, 0.3) is 5.91 Å². The van der Waals surface area contributed by atoms with Crippen molar-refractivity contribution < 1.29 is 19.5 Å². The van der Waals surface area contributed by atoms with Gasteiger partial charge >= 0.3 is 6.09 Å². The Kier molecular flexibility index (Phi) is 5.84. The molecule has 0 saturated heterocycles. The molecule has 0 spiro atoms. The Morgan fingerprint density at radius 1 is 1.50 bits per heavy atom. The second kappa shape index (κ2) is 7.38. The van der Waals surface area contributed by atoms with E-state index < -0.39 is 12.0 Å². The van der Waals surface area contributed by atoms with E-state index in [0.29, 0.717) is 10.6 Å². The fourth-order valence-electron chi connectivity index (χ4n) is 1.31. The van der Waals surface area contributed by atoms with Gasteiger partial charge in [0.15, 0.2) is 0 Å². The molecule has 0 saturated carbocycles. The van der Waals surface area contributed by atoms with Crippen LogP contribution in [0.1, 0.15) is 15.9 Å². The number of benzene rings is 1. The molecular weight excluding hydrogens is 284 g/mol. The third-order valence-corrected chi connectivity index (χ3v) is 2.56. The number of hydrogen-bond donors (Lipinski definition) is 2. The van der Waals surface area contributed by atoms with Crippen molar-refractivity contribution in [3.05, 3.63) is 34.3 Å². The Morgan fingerprint density at radius 3 is 2.80 bits per heavy atom. The largest absolute Gasteiger partial charge is 0.465 e. The summed E-state index contributed by atoms with van der Waals surface area (Å²) in [5, 5.41) is 12.0. The van der Waals surface area contributed by atoms with Crippen LogP contribution in [0.2, 0.25) is 5.02 Å². The summed E-state index contributed by atoms with van der Waals surface area (Å²) in [6.45, 7) is -0.0360. The lowest BCUT2D eigenvalue weighted by atomic mass is 10.1. The Morgan fingerprint density at radius 2 is 2.20 bits per heavy atom. The smallest absolute Gasteiger partial charge is 0.405 e. The molecule has 0 aliphatic rings. The van der Waals surface area contributed by atoms with Crippen molar-refractivity contribution in [3.63, 3.8) is 0 Å². The number of carbonyl (C=O) groups is 2. The Hall–Kier alpha value is -2.23. The summed E-state index contributed by atoms with van der Waals surface area (Å²) in [5.41, 5.74) is 0.722. The highest BCUT2D eigenvalue weighted by Crippen LogP contribution is 2.17. The Balaban J connectivity index is 3.01. The van der Waals surface area contributed by atoms with E-state index in [9.17, 15) is 9.59 Å². The number of carbonyl (C=O) groups excluding carboxylic acids is 1. The molecule has 106 valence electrons. The first-order valence-corrected chi connectivity index (χ1v) is 5.91. The summed E-state index contributed by atoms with van der Waals surface area (Å²) in [4.78, 5) is 27.2. The standard InChI is InChI=1S/C13H13ClN2O4/c1-16(20-2)12(17)11-8-10(14)6-5-9(11)4-3-7-15-13(18)19/h5-6,8,15H,7H2,1-2H3,(H,18,19). The molecular formula is C13H13ClN2O4. The zero-order valence-corrected chi connectivity index (χ0v) is 11.7. The van der Waals surface area contributed by atoms with E-state index in [-0.39, 0.29) is 12.1 Å². The number of rotatable bonds is 3. The van der Waals surface area contributed by atoms with E-state index in [4.69, 9.17) is 21.5 Å². The molecule has 2 N–H and O–H groups in total. The summed E-state index contributed by atoms with van der Waals surface area (Å²) in [6, 6.07) is 4.67. The Bertz CT molecular complexity index is 577. The highest BCUT2D eigenvalue weighted by Gasteiger charge is 2.15. The van der Waals surface area contributed by atoms with Gasteiger partial charge in [-0.1, -0.05) is 23.4 Å². The van der Waals surface area contributed by atoms with Crippen LogP contribution in [-0.2, 0) is 4.84 Å². The third kappa shape index (κ3) is 4.46. The lowest BCUT2D eigenvalue weighted by molar-refractivity contribution is -0.0757. The molecule has 0 bridgehead atoms. The number of halogens is 1. The number of nitrogens with zero attached hydrogens (tertiary/aromatic N) is 1. The van der Waals surface area contributed by atoms with Crippen molar-refractivity contribution in [1.82, 2.24) is 10.4 Å². The van der Waals surface area contributed by atoms with Crippen molar-refractivity contribution >= 4 is 23.6 Å². The highest BCUT2D eigenvalue weighted by molar-refractivity contribution is 6.31. The zero-order chi connectivity index (χ0) is 15.1. The molecule has 0 fully saturated rings. The quantitative estimate of drug-likeness (QED) is 0.656. The van der Waals surface area contributed by atoms with Gasteiger partial charge in [-0.3, -0.25) is 9.63 Å². The Labute approximate surface area is 121 Å². The van der Waals surface area contributed by atoms with Crippen LogP contribution in [0.25, 0.3) is 0 Å². The molecule has 1 aromatic rings. The minimum atomic E-state index is -1.16. The van der Waals surface area contributed by atoms with Crippen LogP contribution in [0.5, 0.6) is 0 Å². The van der Waals surface area contributed by atoms with E-state index in [0.717, 1.165) is 5.06 Å². The summed E-state index contributed by atoms with van der Waals surface area (Å²) >= 11 is 5.86. The van der Waals surface area contributed by atoms with E-state index in [1.54, 1.807) is 12.1 Å². The maximum absolute atomic E-state index is 12.1. The molecule has 0 aromatic heterocycles. The van der Waals surface area contributed by atoms with Gasteiger partial charge in [-0.15, -0.1) is 0 Å². The van der Waals surface area contributed by atoms with Crippen LogP contribution in [0.3, 0.4) is 0 Å². The van der Waals surface area contributed by atoms with Gasteiger partial charge < -0.3 is 10.4 Å². The first-order chi connectivity index (χ1) is 9.45. The van der Waals surface area contributed by atoms with E-state index in [1.165, 1.54) is 20.2 Å². The topological polar surface area (TPSA) is 78.9 Å². The molecule has 1 aromatic carbocycles. The third-order valence-electron chi connectivity index (χ3n) is 2.32. The van der Waals surface area contributed by atoms with E-state index >= 15 is 0 Å². The average molecular weight is 297 g/mol. The van der Waals surface area contributed by atoms with E-state index in [2.05, 4.69) is 17.2 Å². The van der Waals surface area contributed by atoms with Crippen molar-refractivity contribution in [2.75, 3.05) is 20.7 Å². The molecule has 20 heavy (non-hydrogen) atoms. The summed E-state index contributed by atoms with van der Waals surface area (Å²) < 4.78 is 0. The van der Waals surface area contributed by atoms with Crippen molar-refractivity contribution in [2.24, 2.45) is 0 Å². The molecule has 2 amide bonds. The monoisotopic (exact) mass is 296 g/mol. The minimum Gasteiger partial charge on any atom is -0.465 e. The number of nitrogens with one attached hydrogen (secondary N) is 1. The van der Waals surface area contributed by atoms with Gasteiger partial charge in [-0.05, 0) is 18.2 Å². The summed E-state index contributed by atoms with van der Waals surface area (Å²) in [7, 11) is 2.83. The number of hydrogen-bond acceptors (Lipinski definition) is 3. The van der Waals surface area contributed by atoms with Gasteiger partial charge in [0.05, 0.1) is 19.2 Å². The van der Waals surface area contributed by atoms with Gasteiger partial charge in [-0.2, -0.15) is 0 Å². The van der Waals surface area contributed by atoms with Crippen LogP contribution in [0.15, 0.2) is 18.2 Å². The number of amides is 2. The molecule has 0 unspecified atom stereocenters. The van der Waals surface area contributed by atoms with E-state index in [1.807, 2.05) is 0 Å². The van der Waals surface area contributed by atoms with Crippen molar-refractivity contribution in [1.29, 1.82) is 0 Å². The first-order valence-electron chi connectivity index (χ1n) is 5.53. The SMILES string of the molecule is CON(C)C(=O)c1cc(Cl)ccc1C#CCNC(=O)O. The first kappa shape index (κ1) is 15.8. The zero-order valence-electron chi connectivity index (χ0n) is 10.9. The lowest BCUT2D eigenvalue weighted by Crippen LogP contribution is -2.26. The van der Waals surface area contributed by atoms with Crippen LogP contribution in [-0.4, -0.2) is 42.9 Å². The van der Waals surface area contributed by atoms with Crippen molar-refractivity contribution in [2.45, 2.75) is 0 Å². The highest BCUT2D eigenvalue weighted by atomic mass is 35.5. The normalized spacial score (nSPS) is 9.35. The maximum atomic E-state index is 12.1. The van der Waals surface area contributed by atoms with Gasteiger partial charge in [0.1, 0.15) is 0 Å². The lowest BCUT2D eigenvalue weighted by Gasteiger charge is -2.14. The molecule has 0 aliphatic heterocycles.